The predicted molar refractivity (Wildman–Crippen MR) is 104 cm³/mol. The molecule has 0 bridgehead atoms. The highest BCUT2D eigenvalue weighted by molar-refractivity contribution is 7.12. The zero-order valence-electron chi connectivity index (χ0n) is 15.2. The lowest BCUT2D eigenvalue weighted by Crippen LogP contribution is -2.45. The monoisotopic (exact) mass is 398 g/mol. The van der Waals surface area contributed by atoms with Crippen LogP contribution in [0.4, 0.5) is 5.69 Å². The second-order valence-corrected chi connectivity index (χ2v) is 7.05. The van der Waals surface area contributed by atoms with E-state index in [-0.39, 0.29) is 18.9 Å². The van der Waals surface area contributed by atoms with Crippen molar-refractivity contribution in [3.05, 3.63) is 59.3 Å². The Balaban J connectivity index is 1.84. The van der Waals surface area contributed by atoms with Gasteiger partial charge in [0, 0.05) is 13.5 Å². The van der Waals surface area contributed by atoms with Crippen LogP contribution < -0.4 is 9.64 Å². The van der Waals surface area contributed by atoms with Crippen LogP contribution in [-0.2, 0) is 14.4 Å². The van der Waals surface area contributed by atoms with E-state index in [1.54, 1.807) is 17.5 Å². The number of ether oxygens (including phenoxy) is 1. The number of rotatable bonds is 6. The molecule has 2 aromatic rings. The summed E-state index contributed by atoms with van der Waals surface area (Å²) in [5, 5.41) is 1.78. The third-order valence-corrected chi connectivity index (χ3v) is 5.03. The first-order valence-corrected chi connectivity index (χ1v) is 9.41. The zero-order valence-corrected chi connectivity index (χ0v) is 16.0. The smallest absolute Gasteiger partial charge is 0.308 e. The minimum absolute atomic E-state index is 0.102. The quantitative estimate of drug-likeness (QED) is 0.323. The average molecular weight is 398 g/mol. The maximum absolute atomic E-state index is 13.0. The largest absolute Gasteiger partial charge is 0.427 e. The summed E-state index contributed by atoms with van der Waals surface area (Å²) in [6.07, 6.45) is 1.43. The highest BCUT2D eigenvalue weighted by Crippen LogP contribution is 2.28. The summed E-state index contributed by atoms with van der Waals surface area (Å²) < 4.78 is 4.96. The Morgan fingerprint density at radius 2 is 2.00 bits per heavy atom. The minimum Gasteiger partial charge on any atom is -0.427 e. The van der Waals surface area contributed by atoms with Crippen molar-refractivity contribution >= 4 is 40.7 Å². The van der Waals surface area contributed by atoms with Crippen molar-refractivity contribution in [1.82, 2.24) is 4.90 Å². The van der Waals surface area contributed by atoms with Gasteiger partial charge in [-0.25, -0.2) is 4.90 Å². The van der Waals surface area contributed by atoms with E-state index in [4.69, 9.17) is 4.74 Å². The zero-order chi connectivity index (χ0) is 20.3. The molecule has 3 rings (SSSR count). The molecule has 0 N–H and O–H groups in total. The molecule has 1 aliphatic rings. The van der Waals surface area contributed by atoms with Crippen molar-refractivity contribution in [2.24, 2.45) is 0 Å². The maximum atomic E-state index is 13.0. The van der Waals surface area contributed by atoms with Gasteiger partial charge in [0.2, 0.25) is 5.91 Å². The van der Waals surface area contributed by atoms with Crippen LogP contribution in [0, 0.1) is 0 Å². The molecule has 1 aliphatic heterocycles. The number of hydrogen-bond donors (Lipinski definition) is 0. The standard InChI is InChI=1S/C20H18N2O5S/c1-3-10-21(20(26)17-5-4-11-28-17)16-12-18(24)22(19(16)25)14-6-8-15(9-7-14)27-13(2)23/h3-9,11,16H,1,10,12H2,2H3. The molecule has 3 amide bonds. The molecule has 0 radical (unpaired) electrons. The Labute approximate surface area is 165 Å². The Kier molecular flexibility index (Phi) is 5.70. The van der Waals surface area contributed by atoms with Crippen LogP contribution in [0.3, 0.4) is 0 Å². The molecule has 28 heavy (non-hydrogen) atoms. The third kappa shape index (κ3) is 3.86. The summed E-state index contributed by atoms with van der Waals surface area (Å²) in [5.41, 5.74) is 0.357. The fourth-order valence-corrected chi connectivity index (χ4v) is 3.67. The van der Waals surface area contributed by atoms with Crippen LogP contribution in [0.5, 0.6) is 5.75 Å². The first kappa shape index (κ1) is 19.5. The van der Waals surface area contributed by atoms with Gasteiger partial charge in [-0.05, 0) is 35.7 Å². The van der Waals surface area contributed by atoms with Gasteiger partial charge >= 0.3 is 5.97 Å². The number of nitrogens with zero attached hydrogens (tertiary/aromatic N) is 2. The van der Waals surface area contributed by atoms with Crippen molar-refractivity contribution in [3.63, 3.8) is 0 Å². The number of benzene rings is 1. The van der Waals surface area contributed by atoms with Gasteiger partial charge in [-0.3, -0.25) is 19.2 Å². The molecule has 1 atom stereocenters. The van der Waals surface area contributed by atoms with Crippen molar-refractivity contribution in [1.29, 1.82) is 0 Å². The van der Waals surface area contributed by atoms with Gasteiger partial charge in [0.05, 0.1) is 17.0 Å². The van der Waals surface area contributed by atoms with Gasteiger partial charge < -0.3 is 9.64 Å². The third-order valence-electron chi connectivity index (χ3n) is 4.17. The molecule has 144 valence electrons. The number of anilines is 1. The van der Waals surface area contributed by atoms with Crippen LogP contribution in [-0.4, -0.2) is 41.2 Å². The van der Waals surface area contributed by atoms with E-state index in [2.05, 4.69) is 6.58 Å². The lowest BCUT2D eigenvalue weighted by molar-refractivity contribution is -0.132. The Morgan fingerprint density at radius 1 is 1.29 bits per heavy atom. The first-order valence-electron chi connectivity index (χ1n) is 8.53. The number of thiophene rings is 1. The molecular formula is C20H18N2O5S. The molecule has 0 aliphatic carbocycles. The van der Waals surface area contributed by atoms with Crippen LogP contribution in [0.15, 0.2) is 54.4 Å². The van der Waals surface area contributed by atoms with Gasteiger partial charge in [-0.1, -0.05) is 12.1 Å². The highest BCUT2D eigenvalue weighted by atomic mass is 32.1. The van der Waals surface area contributed by atoms with Crippen molar-refractivity contribution in [3.8, 4) is 5.75 Å². The van der Waals surface area contributed by atoms with Crippen molar-refractivity contribution < 1.29 is 23.9 Å². The maximum Gasteiger partial charge on any atom is 0.308 e. The van der Waals surface area contributed by atoms with Gasteiger partial charge in [0.25, 0.3) is 11.8 Å². The fraction of sp³-hybridized carbons (Fsp3) is 0.200. The van der Waals surface area contributed by atoms with Gasteiger partial charge in [0.1, 0.15) is 11.8 Å². The number of carbonyl (C=O) groups is 4. The van der Waals surface area contributed by atoms with Gasteiger partial charge in [0.15, 0.2) is 0 Å². The molecule has 8 heteroatoms. The number of hydrogen-bond acceptors (Lipinski definition) is 6. The van der Waals surface area contributed by atoms with Crippen molar-refractivity contribution in [2.45, 2.75) is 19.4 Å². The predicted octanol–water partition coefficient (Wildman–Crippen LogP) is 2.63. The van der Waals surface area contributed by atoms with Crippen LogP contribution >= 0.6 is 11.3 Å². The highest BCUT2D eigenvalue weighted by Gasteiger charge is 2.44. The lowest BCUT2D eigenvalue weighted by atomic mass is 10.2. The summed E-state index contributed by atoms with van der Waals surface area (Å²) in [6.45, 7) is 5.08. The second kappa shape index (κ2) is 8.18. The number of esters is 1. The van der Waals surface area contributed by atoms with Crippen LogP contribution in [0.2, 0.25) is 0 Å². The summed E-state index contributed by atoms with van der Waals surface area (Å²) in [5.74, 6) is -1.34. The Bertz CT molecular complexity index is 921. The first-order chi connectivity index (χ1) is 13.4. The Morgan fingerprint density at radius 3 is 2.57 bits per heavy atom. The van der Waals surface area contributed by atoms with E-state index in [1.165, 1.54) is 53.5 Å². The van der Waals surface area contributed by atoms with Crippen LogP contribution in [0.25, 0.3) is 0 Å². The summed E-state index contributed by atoms with van der Waals surface area (Å²) in [7, 11) is 0. The molecule has 0 saturated carbocycles. The lowest BCUT2D eigenvalue weighted by Gasteiger charge is -2.26. The van der Waals surface area contributed by atoms with E-state index in [0.29, 0.717) is 16.3 Å². The summed E-state index contributed by atoms with van der Waals surface area (Å²) in [4.78, 5) is 52.2. The number of amides is 3. The van der Waals surface area contributed by atoms with E-state index in [9.17, 15) is 19.2 Å². The molecule has 0 spiro atoms. The minimum atomic E-state index is -0.895. The van der Waals surface area contributed by atoms with E-state index in [0.717, 1.165) is 4.90 Å². The SMILES string of the molecule is C=CCN(C(=O)c1cccs1)C1CC(=O)N(c2ccc(OC(C)=O)cc2)C1=O. The summed E-state index contributed by atoms with van der Waals surface area (Å²) >= 11 is 1.27. The molecule has 1 fully saturated rings. The second-order valence-electron chi connectivity index (χ2n) is 6.10. The fourth-order valence-electron chi connectivity index (χ4n) is 2.99. The van der Waals surface area contributed by atoms with E-state index in [1.807, 2.05) is 0 Å². The molecular weight excluding hydrogens is 380 g/mol. The Hall–Kier alpha value is -3.26. The molecule has 7 nitrogen and oxygen atoms in total. The normalized spacial score (nSPS) is 16.2. The molecule has 2 heterocycles. The van der Waals surface area contributed by atoms with Gasteiger partial charge in [-0.2, -0.15) is 0 Å². The number of imide groups is 1. The number of carbonyl (C=O) groups excluding carboxylic acids is 4. The van der Waals surface area contributed by atoms with E-state index < -0.39 is 23.8 Å². The molecule has 1 aromatic heterocycles. The molecule has 1 saturated heterocycles. The molecule has 1 unspecified atom stereocenters. The van der Waals surface area contributed by atoms with Crippen LogP contribution in [0.1, 0.15) is 23.0 Å². The van der Waals surface area contributed by atoms with Gasteiger partial charge in [-0.15, -0.1) is 17.9 Å². The molecule has 1 aromatic carbocycles. The van der Waals surface area contributed by atoms with Crippen molar-refractivity contribution in [2.75, 3.05) is 11.4 Å². The van der Waals surface area contributed by atoms with E-state index >= 15 is 0 Å². The summed E-state index contributed by atoms with van der Waals surface area (Å²) in [6, 6.07) is 8.59. The topological polar surface area (TPSA) is 84.0 Å². The average Bonchev–Trinajstić information content (AvgIpc) is 3.28.